The van der Waals surface area contributed by atoms with E-state index in [2.05, 4.69) is 5.32 Å². The molecule has 0 unspecified atom stereocenters. The van der Waals surface area contributed by atoms with E-state index < -0.39 is 17.5 Å². The normalized spacial score (nSPS) is 10.1. The molecule has 0 radical (unpaired) electrons. The van der Waals surface area contributed by atoms with Crippen molar-refractivity contribution in [2.45, 2.75) is 0 Å². The van der Waals surface area contributed by atoms with Gasteiger partial charge < -0.3 is 11.1 Å². The number of thiocarbonyl (C=S) groups is 1. The minimum atomic E-state index is -1.20. The maximum absolute atomic E-state index is 13.5. The molecule has 0 atom stereocenters. The van der Waals surface area contributed by atoms with Gasteiger partial charge in [-0.2, -0.15) is 0 Å². The van der Waals surface area contributed by atoms with Gasteiger partial charge in [0.05, 0.1) is 11.3 Å². The van der Waals surface area contributed by atoms with Crippen molar-refractivity contribution in [1.29, 1.82) is 0 Å². The topological polar surface area (TPSA) is 55.1 Å². The minimum absolute atomic E-state index is 0.0978. The Kier molecular flexibility index (Phi) is 4.05. The van der Waals surface area contributed by atoms with Crippen LogP contribution >= 0.6 is 12.2 Å². The molecule has 0 fully saturated rings. The van der Waals surface area contributed by atoms with Crippen molar-refractivity contribution in [2.24, 2.45) is 5.73 Å². The summed E-state index contributed by atoms with van der Waals surface area (Å²) in [6.07, 6.45) is 0. The summed E-state index contributed by atoms with van der Waals surface area (Å²) in [5.74, 6) is -3.05. The van der Waals surface area contributed by atoms with Gasteiger partial charge in [0.15, 0.2) is 11.6 Å². The predicted octanol–water partition coefficient (Wildman–Crippen LogP) is 2.85. The highest BCUT2D eigenvalue weighted by Gasteiger charge is 2.16. The lowest BCUT2D eigenvalue weighted by atomic mass is 10.1. The lowest BCUT2D eigenvalue weighted by Gasteiger charge is -2.10. The number of para-hydroxylation sites is 1. The molecule has 0 saturated heterocycles. The molecule has 0 heterocycles. The number of hydrogen-bond donors (Lipinski definition) is 2. The zero-order valence-electron chi connectivity index (χ0n) is 10.2. The standard InChI is InChI=1S/C14H10F2N2OS/c15-10-6-3-5-9(12(10)16)14(19)18-11-7-2-1-4-8(11)13(17)20/h1-7H,(H2,17,20)(H,18,19). The SMILES string of the molecule is NC(=S)c1ccccc1NC(=O)c1cccc(F)c1F. The second-order valence-corrected chi connectivity index (χ2v) is 4.41. The molecule has 2 aromatic carbocycles. The fourth-order valence-corrected chi connectivity index (χ4v) is 1.85. The smallest absolute Gasteiger partial charge is 0.258 e. The fourth-order valence-electron chi connectivity index (χ4n) is 1.68. The maximum Gasteiger partial charge on any atom is 0.258 e. The van der Waals surface area contributed by atoms with Crippen LogP contribution in [0.1, 0.15) is 15.9 Å². The van der Waals surface area contributed by atoms with Gasteiger partial charge >= 0.3 is 0 Å². The van der Waals surface area contributed by atoms with Crippen LogP contribution in [0.5, 0.6) is 0 Å². The fraction of sp³-hybridized carbons (Fsp3) is 0. The van der Waals surface area contributed by atoms with Gasteiger partial charge in [0.2, 0.25) is 0 Å². The molecule has 102 valence electrons. The molecule has 3 N–H and O–H groups in total. The van der Waals surface area contributed by atoms with Crippen molar-refractivity contribution in [3.8, 4) is 0 Å². The number of halogens is 2. The van der Waals surface area contributed by atoms with E-state index in [1.807, 2.05) is 0 Å². The average molecular weight is 292 g/mol. The van der Waals surface area contributed by atoms with E-state index in [4.69, 9.17) is 18.0 Å². The molecule has 6 heteroatoms. The second-order valence-electron chi connectivity index (χ2n) is 3.97. The Morgan fingerprint density at radius 1 is 1.05 bits per heavy atom. The van der Waals surface area contributed by atoms with E-state index in [-0.39, 0.29) is 10.6 Å². The molecule has 0 aromatic heterocycles. The first-order chi connectivity index (χ1) is 9.50. The van der Waals surface area contributed by atoms with Crippen molar-refractivity contribution in [2.75, 3.05) is 5.32 Å². The van der Waals surface area contributed by atoms with E-state index in [0.717, 1.165) is 6.07 Å². The molecule has 0 saturated carbocycles. The number of nitrogens with two attached hydrogens (primary N) is 1. The number of amides is 1. The van der Waals surface area contributed by atoms with E-state index in [1.54, 1.807) is 24.3 Å². The molecule has 0 aliphatic heterocycles. The Balaban J connectivity index is 2.33. The van der Waals surface area contributed by atoms with Crippen LogP contribution in [0.3, 0.4) is 0 Å². The number of carbonyl (C=O) groups excluding carboxylic acids is 1. The molecule has 1 amide bonds. The zero-order chi connectivity index (χ0) is 14.7. The summed E-state index contributed by atoms with van der Waals surface area (Å²) in [7, 11) is 0. The predicted molar refractivity (Wildman–Crippen MR) is 76.6 cm³/mol. The summed E-state index contributed by atoms with van der Waals surface area (Å²) < 4.78 is 26.6. The second kappa shape index (κ2) is 5.75. The molecule has 0 spiro atoms. The Hall–Kier alpha value is -2.34. The average Bonchev–Trinajstić information content (AvgIpc) is 2.42. The summed E-state index contributed by atoms with van der Waals surface area (Å²) in [6, 6.07) is 9.95. The van der Waals surface area contributed by atoms with Crippen LogP contribution in [0, 0.1) is 11.6 Å². The highest BCUT2D eigenvalue weighted by molar-refractivity contribution is 7.80. The molecule has 2 aromatic rings. The van der Waals surface area contributed by atoms with E-state index >= 15 is 0 Å². The van der Waals surface area contributed by atoms with Crippen LogP contribution in [0.25, 0.3) is 0 Å². The Bertz CT molecular complexity index is 689. The van der Waals surface area contributed by atoms with Crippen molar-refractivity contribution in [3.05, 3.63) is 65.2 Å². The third-order valence-electron chi connectivity index (χ3n) is 2.64. The van der Waals surface area contributed by atoms with E-state index in [1.165, 1.54) is 12.1 Å². The van der Waals surface area contributed by atoms with Crippen LogP contribution < -0.4 is 11.1 Å². The highest BCUT2D eigenvalue weighted by atomic mass is 32.1. The van der Waals surface area contributed by atoms with Gasteiger partial charge in [-0.1, -0.05) is 30.4 Å². The van der Waals surface area contributed by atoms with Gasteiger partial charge in [-0.3, -0.25) is 4.79 Å². The maximum atomic E-state index is 13.5. The van der Waals surface area contributed by atoms with Crippen LogP contribution in [-0.2, 0) is 0 Å². The van der Waals surface area contributed by atoms with Gasteiger partial charge in [-0.05, 0) is 24.3 Å². The van der Waals surface area contributed by atoms with Gasteiger partial charge in [0, 0.05) is 5.56 Å². The zero-order valence-corrected chi connectivity index (χ0v) is 11.0. The van der Waals surface area contributed by atoms with Gasteiger partial charge in [0.25, 0.3) is 5.91 Å². The summed E-state index contributed by atoms with van der Waals surface area (Å²) in [6.45, 7) is 0. The van der Waals surface area contributed by atoms with Crippen LogP contribution in [0.15, 0.2) is 42.5 Å². The van der Waals surface area contributed by atoms with E-state index in [9.17, 15) is 13.6 Å². The minimum Gasteiger partial charge on any atom is -0.389 e. The lowest BCUT2D eigenvalue weighted by Crippen LogP contribution is -2.18. The van der Waals surface area contributed by atoms with Crippen molar-refractivity contribution < 1.29 is 13.6 Å². The Morgan fingerprint density at radius 3 is 2.40 bits per heavy atom. The number of benzene rings is 2. The van der Waals surface area contributed by atoms with Gasteiger partial charge in [0.1, 0.15) is 4.99 Å². The van der Waals surface area contributed by atoms with Gasteiger partial charge in [-0.25, -0.2) is 8.78 Å². The monoisotopic (exact) mass is 292 g/mol. The number of nitrogens with one attached hydrogen (secondary N) is 1. The number of carbonyl (C=O) groups is 1. The first-order valence-electron chi connectivity index (χ1n) is 5.65. The third-order valence-corrected chi connectivity index (χ3v) is 2.86. The summed E-state index contributed by atoms with van der Waals surface area (Å²) in [5.41, 5.74) is 5.94. The van der Waals surface area contributed by atoms with Crippen molar-refractivity contribution in [3.63, 3.8) is 0 Å². The summed E-state index contributed by atoms with van der Waals surface area (Å²) >= 11 is 4.86. The molecular weight excluding hydrogens is 282 g/mol. The Labute approximate surface area is 119 Å². The molecule has 0 bridgehead atoms. The van der Waals surface area contributed by atoms with Crippen molar-refractivity contribution in [1.82, 2.24) is 0 Å². The van der Waals surface area contributed by atoms with Crippen LogP contribution in [-0.4, -0.2) is 10.9 Å². The van der Waals surface area contributed by atoms with Gasteiger partial charge in [-0.15, -0.1) is 0 Å². The first-order valence-corrected chi connectivity index (χ1v) is 6.05. The lowest BCUT2D eigenvalue weighted by molar-refractivity contribution is 0.102. The molecule has 0 aliphatic carbocycles. The summed E-state index contributed by atoms with van der Waals surface area (Å²) in [4.78, 5) is 12.1. The van der Waals surface area contributed by atoms with Crippen molar-refractivity contribution >= 4 is 28.8 Å². The largest absolute Gasteiger partial charge is 0.389 e. The molecule has 2 rings (SSSR count). The highest BCUT2D eigenvalue weighted by Crippen LogP contribution is 2.18. The van der Waals surface area contributed by atoms with Crippen LogP contribution in [0.2, 0.25) is 0 Å². The van der Waals surface area contributed by atoms with Crippen LogP contribution in [0.4, 0.5) is 14.5 Å². The molecule has 3 nitrogen and oxygen atoms in total. The molecule has 0 aliphatic rings. The third kappa shape index (κ3) is 2.80. The van der Waals surface area contributed by atoms with E-state index in [0.29, 0.717) is 11.3 Å². The molecule has 20 heavy (non-hydrogen) atoms. The Morgan fingerprint density at radius 2 is 1.70 bits per heavy atom. The first kappa shape index (κ1) is 14.1. The quantitative estimate of drug-likeness (QED) is 0.855. The number of rotatable bonds is 3. The number of hydrogen-bond acceptors (Lipinski definition) is 2. The molecular formula is C14H10F2N2OS. The summed E-state index contributed by atoms with van der Waals surface area (Å²) in [5, 5.41) is 2.46. The number of anilines is 1.